The number of fused-ring (bicyclic) bond motifs is 1. The van der Waals surface area contributed by atoms with Crippen LogP contribution in [0.2, 0.25) is 5.02 Å². The summed E-state index contributed by atoms with van der Waals surface area (Å²) in [5.41, 5.74) is 6.60. The molecule has 5 nitrogen and oxygen atoms in total. The molecule has 1 heterocycles. The molecule has 0 radical (unpaired) electrons. The lowest BCUT2D eigenvalue weighted by atomic mass is 9.97. The molecule has 1 aromatic heterocycles. The Bertz CT molecular complexity index is 1060. The molecule has 3 N–H and O–H groups in total. The lowest BCUT2D eigenvalue weighted by Crippen LogP contribution is -2.20. The van der Waals surface area contributed by atoms with E-state index in [2.05, 4.69) is 0 Å². The van der Waals surface area contributed by atoms with Crippen LogP contribution in [0.4, 0.5) is 4.39 Å². The highest BCUT2D eigenvalue weighted by Gasteiger charge is 2.28. The van der Waals surface area contributed by atoms with E-state index in [9.17, 15) is 19.1 Å². The number of aromatic hydroxyl groups is 1. The van der Waals surface area contributed by atoms with E-state index < -0.39 is 29.3 Å². The summed E-state index contributed by atoms with van der Waals surface area (Å²) in [6, 6.07) is 8.96. The third-order valence-electron chi connectivity index (χ3n) is 4.47. The van der Waals surface area contributed by atoms with Crippen LogP contribution >= 0.6 is 11.6 Å². The number of halogens is 2. The maximum absolute atomic E-state index is 14.7. The molecule has 0 fully saturated rings. The molecular weight excluding hydrogens is 359 g/mol. The van der Waals surface area contributed by atoms with Crippen LogP contribution in [0.5, 0.6) is 5.75 Å². The van der Waals surface area contributed by atoms with Gasteiger partial charge in [0.2, 0.25) is 5.91 Å². The first-order valence-electron chi connectivity index (χ1n) is 7.86. The van der Waals surface area contributed by atoms with Gasteiger partial charge in [0.05, 0.1) is 11.4 Å². The highest BCUT2D eigenvalue weighted by Crippen LogP contribution is 2.37. The van der Waals surface area contributed by atoms with Crippen LogP contribution in [0, 0.1) is 12.7 Å². The fourth-order valence-corrected chi connectivity index (χ4v) is 3.35. The van der Waals surface area contributed by atoms with Crippen LogP contribution in [0.1, 0.15) is 34.5 Å². The predicted molar refractivity (Wildman–Crippen MR) is 97.1 cm³/mol. The molecule has 3 aromatic rings. The molecule has 0 spiro atoms. The fraction of sp³-hybridized carbons (Fsp3) is 0.158. The number of benzene rings is 2. The van der Waals surface area contributed by atoms with Crippen LogP contribution < -0.4 is 5.73 Å². The van der Waals surface area contributed by atoms with Crippen molar-refractivity contribution in [3.63, 3.8) is 0 Å². The second kappa shape index (κ2) is 6.46. The number of nitrogens with zero attached hydrogens (tertiary/aromatic N) is 1. The molecule has 1 atom stereocenters. The van der Waals surface area contributed by atoms with Gasteiger partial charge in [-0.3, -0.25) is 14.2 Å². The zero-order valence-corrected chi connectivity index (χ0v) is 14.8. The maximum Gasteiger partial charge on any atom is 0.262 e. The van der Waals surface area contributed by atoms with Gasteiger partial charge in [0, 0.05) is 21.7 Å². The first-order chi connectivity index (χ1) is 12.2. The van der Waals surface area contributed by atoms with E-state index in [0.29, 0.717) is 16.3 Å². The normalized spacial score (nSPS) is 12.3. The average Bonchev–Trinajstić information content (AvgIpc) is 2.89. The Morgan fingerprint density at radius 2 is 1.96 bits per heavy atom. The van der Waals surface area contributed by atoms with E-state index >= 15 is 0 Å². The van der Waals surface area contributed by atoms with Gasteiger partial charge >= 0.3 is 0 Å². The fourth-order valence-electron chi connectivity index (χ4n) is 3.16. The number of phenolic OH excluding ortho intramolecular Hbond substituents is 1. The second-order valence-electron chi connectivity index (χ2n) is 6.07. The molecule has 134 valence electrons. The minimum Gasteiger partial charge on any atom is -0.505 e. The predicted octanol–water partition coefficient (Wildman–Crippen LogP) is 3.73. The van der Waals surface area contributed by atoms with Crippen LogP contribution in [-0.2, 0) is 4.79 Å². The average molecular weight is 375 g/mol. The Morgan fingerprint density at radius 3 is 2.58 bits per heavy atom. The van der Waals surface area contributed by atoms with Crippen molar-refractivity contribution in [3.8, 4) is 5.75 Å². The summed E-state index contributed by atoms with van der Waals surface area (Å²) in [5.74, 6) is -3.40. The minimum absolute atomic E-state index is 0.00387. The third kappa shape index (κ3) is 2.72. The number of hydrogen-bond donors (Lipinski definition) is 2. The minimum atomic E-state index is -0.897. The van der Waals surface area contributed by atoms with Gasteiger partial charge in [0.25, 0.3) is 5.91 Å². The Morgan fingerprint density at radius 1 is 1.27 bits per heavy atom. The SMILES string of the molecule is Cc1c([C@H](C)C(N)=O)c2c(F)c(O)ccc2n1C(=O)c1cccc(Cl)c1. The third-order valence-corrected chi connectivity index (χ3v) is 4.70. The first kappa shape index (κ1) is 17.9. The van der Waals surface area contributed by atoms with Crippen molar-refractivity contribution in [1.82, 2.24) is 4.57 Å². The number of nitrogens with two attached hydrogens (primary N) is 1. The van der Waals surface area contributed by atoms with Gasteiger partial charge in [0.1, 0.15) is 0 Å². The van der Waals surface area contributed by atoms with Crippen LogP contribution in [0.25, 0.3) is 10.9 Å². The number of aromatic nitrogens is 1. The van der Waals surface area contributed by atoms with E-state index in [1.165, 1.54) is 23.6 Å². The van der Waals surface area contributed by atoms with E-state index in [0.717, 1.165) is 6.07 Å². The quantitative estimate of drug-likeness (QED) is 0.732. The highest BCUT2D eigenvalue weighted by atomic mass is 35.5. The van der Waals surface area contributed by atoms with Crippen molar-refractivity contribution in [2.24, 2.45) is 5.73 Å². The molecule has 2 aromatic carbocycles. The maximum atomic E-state index is 14.7. The van der Waals surface area contributed by atoms with Gasteiger partial charge in [-0.25, -0.2) is 4.39 Å². The molecular formula is C19H16ClFN2O3. The Balaban J connectivity index is 2.37. The lowest BCUT2D eigenvalue weighted by molar-refractivity contribution is -0.119. The molecule has 0 saturated carbocycles. The van der Waals surface area contributed by atoms with Crippen molar-refractivity contribution in [1.29, 1.82) is 0 Å². The van der Waals surface area contributed by atoms with Gasteiger partial charge in [-0.15, -0.1) is 0 Å². The zero-order valence-electron chi connectivity index (χ0n) is 14.1. The van der Waals surface area contributed by atoms with E-state index in [-0.39, 0.29) is 16.5 Å². The molecule has 0 aliphatic carbocycles. The van der Waals surface area contributed by atoms with Crippen molar-refractivity contribution >= 4 is 34.3 Å². The topological polar surface area (TPSA) is 85.3 Å². The molecule has 7 heteroatoms. The number of hydrogen-bond acceptors (Lipinski definition) is 3. The molecule has 26 heavy (non-hydrogen) atoms. The number of rotatable bonds is 3. The summed E-state index contributed by atoms with van der Waals surface area (Å²) in [4.78, 5) is 24.7. The Labute approximate surface area is 153 Å². The van der Waals surface area contributed by atoms with Gasteiger partial charge in [-0.2, -0.15) is 0 Å². The Hall–Kier alpha value is -2.86. The molecule has 0 aliphatic heterocycles. The number of amides is 1. The van der Waals surface area contributed by atoms with Crippen LogP contribution in [0.3, 0.4) is 0 Å². The smallest absolute Gasteiger partial charge is 0.262 e. The molecule has 1 amide bonds. The number of primary amides is 1. The largest absolute Gasteiger partial charge is 0.505 e. The summed E-state index contributed by atoms with van der Waals surface area (Å²) in [6.45, 7) is 3.13. The number of phenols is 1. The van der Waals surface area contributed by atoms with Gasteiger partial charge in [-0.1, -0.05) is 17.7 Å². The highest BCUT2D eigenvalue weighted by molar-refractivity contribution is 6.31. The zero-order chi connectivity index (χ0) is 19.2. The van der Waals surface area contributed by atoms with Crippen molar-refractivity contribution < 1.29 is 19.1 Å². The van der Waals surface area contributed by atoms with Crippen molar-refractivity contribution in [3.05, 3.63) is 64.1 Å². The van der Waals surface area contributed by atoms with Crippen LogP contribution in [-0.4, -0.2) is 21.5 Å². The van der Waals surface area contributed by atoms with Crippen LogP contribution in [0.15, 0.2) is 36.4 Å². The second-order valence-corrected chi connectivity index (χ2v) is 6.50. The lowest BCUT2D eigenvalue weighted by Gasteiger charge is -2.10. The summed E-state index contributed by atoms with van der Waals surface area (Å²) in [5, 5.41) is 10.1. The van der Waals surface area contributed by atoms with Gasteiger partial charge in [-0.05, 0) is 49.7 Å². The molecule has 0 saturated heterocycles. The molecule has 0 unspecified atom stereocenters. The summed E-state index contributed by atoms with van der Waals surface area (Å²) in [7, 11) is 0. The van der Waals surface area contributed by atoms with E-state index in [4.69, 9.17) is 17.3 Å². The summed E-state index contributed by atoms with van der Waals surface area (Å²) in [6.07, 6.45) is 0. The molecule has 0 aliphatic rings. The van der Waals surface area contributed by atoms with E-state index in [1.807, 2.05) is 0 Å². The first-order valence-corrected chi connectivity index (χ1v) is 8.23. The summed E-state index contributed by atoms with van der Waals surface area (Å²) >= 11 is 5.96. The van der Waals surface area contributed by atoms with Gasteiger partial charge < -0.3 is 10.8 Å². The van der Waals surface area contributed by atoms with Crippen molar-refractivity contribution in [2.45, 2.75) is 19.8 Å². The standard InChI is InChI=1S/C19H16ClFN2O3/c1-9(18(22)25)15-10(2)23(13-6-7-14(24)17(21)16(13)15)19(26)11-4-3-5-12(20)8-11/h3-9,24H,1-2H3,(H2,22,25)/t9-/m0/s1. The number of carbonyl (C=O) groups is 2. The summed E-state index contributed by atoms with van der Waals surface area (Å²) < 4.78 is 16.0. The molecule has 3 rings (SSSR count). The monoisotopic (exact) mass is 374 g/mol. The number of carbonyl (C=O) groups excluding carboxylic acids is 2. The Kier molecular flexibility index (Phi) is 4.46. The van der Waals surface area contributed by atoms with E-state index in [1.54, 1.807) is 25.1 Å². The van der Waals surface area contributed by atoms with Gasteiger partial charge in [0.15, 0.2) is 11.6 Å². The molecule has 0 bridgehead atoms. The van der Waals surface area contributed by atoms with Crippen molar-refractivity contribution in [2.75, 3.05) is 0 Å².